The Bertz CT molecular complexity index is 468. The highest BCUT2D eigenvalue weighted by molar-refractivity contribution is 5.39. The Morgan fingerprint density at radius 1 is 1.29 bits per heavy atom. The average Bonchev–Trinajstić information content (AvgIpc) is 2.47. The Balaban J connectivity index is 2.40. The van der Waals surface area contributed by atoms with Crippen molar-refractivity contribution < 1.29 is 0 Å². The minimum absolute atomic E-state index is 0.0113. The molecule has 0 aliphatic heterocycles. The zero-order valence-corrected chi connectivity index (χ0v) is 14.4. The smallest absolute Gasteiger partial charge is 0.0586 e. The second kappa shape index (κ2) is 6.50. The van der Waals surface area contributed by atoms with Crippen molar-refractivity contribution in [2.45, 2.75) is 64.5 Å². The molecule has 0 saturated carbocycles. The molecule has 2 nitrogen and oxygen atoms in total. The zero-order valence-electron chi connectivity index (χ0n) is 14.4. The number of nitrogens with two attached hydrogens (primary N) is 1. The predicted octanol–water partition coefficient (Wildman–Crippen LogP) is 4.10. The summed E-state index contributed by atoms with van der Waals surface area (Å²) in [5.74, 6) is 1.37. The molecule has 0 fully saturated rings. The highest BCUT2D eigenvalue weighted by Gasteiger charge is 2.42. The lowest BCUT2D eigenvalue weighted by molar-refractivity contribution is 0.0536. The molecule has 0 aromatic heterocycles. The van der Waals surface area contributed by atoms with Crippen molar-refractivity contribution >= 4 is 0 Å². The molecule has 1 aromatic rings. The maximum atomic E-state index is 6.33. The Morgan fingerprint density at radius 3 is 2.57 bits per heavy atom. The van der Waals surface area contributed by atoms with E-state index in [2.05, 4.69) is 63.9 Å². The van der Waals surface area contributed by atoms with Gasteiger partial charge in [0.15, 0.2) is 0 Å². The number of hydrogen-bond donors (Lipinski definition) is 1. The van der Waals surface area contributed by atoms with Gasteiger partial charge in [0.05, 0.1) is 5.54 Å². The Labute approximate surface area is 130 Å². The minimum Gasteiger partial charge on any atom is -0.328 e. The maximum absolute atomic E-state index is 6.33. The van der Waals surface area contributed by atoms with E-state index in [-0.39, 0.29) is 5.54 Å². The van der Waals surface area contributed by atoms with Crippen molar-refractivity contribution in [1.82, 2.24) is 4.90 Å². The molecule has 0 amide bonds. The normalized spacial score (nSPS) is 27.0. The highest BCUT2D eigenvalue weighted by Crippen LogP contribution is 2.44. The van der Waals surface area contributed by atoms with Gasteiger partial charge in [-0.25, -0.2) is 0 Å². The second-order valence-electron chi connectivity index (χ2n) is 7.35. The third kappa shape index (κ3) is 3.02. The minimum atomic E-state index is 0.0113. The zero-order chi connectivity index (χ0) is 15.6. The van der Waals surface area contributed by atoms with Gasteiger partial charge in [0.1, 0.15) is 0 Å². The Kier molecular flexibility index (Phi) is 5.11. The van der Waals surface area contributed by atoms with Gasteiger partial charge in [-0.15, -0.1) is 0 Å². The first kappa shape index (κ1) is 16.5. The Hall–Kier alpha value is -0.860. The van der Waals surface area contributed by atoms with Crippen molar-refractivity contribution in [1.29, 1.82) is 0 Å². The molecule has 2 N–H and O–H groups in total. The lowest BCUT2D eigenvalue weighted by atomic mass is 9.71. The fourth-order valence-corrected chi connectivity index (χ4v) is 4.08. The molecular formula is C19H32N2. The summed E-state index contributed by atoms with van der Waals surface area (Å²) in [6.45, 7) is 10.00. The monoisotopic (exact) mass is 288 g/mol. The maximum Gasteiger partial charge on any atom is 0.0586 e. The van der Waals surface area contributed by atoms with Gasteiger partial charge in [-0.1, -0.05) is 45.0 Å². The summed E-state index contributed by atoms with van der Waals surface area (Å²) in [5.41, 5.74) is 9.30. The van der Waals surface area contributed by atoms with Gasteiger partial charge < -0.3 is 5.73 Å². The van der Waals surface area contributed by atoms with Crippen molar-refractivity contribution in [2.24, 2.45) is 11.7 Å². The molecule has 3 unspecified atom stereocenters. The molecule has 0 heterocycles. The van der Waals surface area contributed by atoms with Crippen LogP contribution in [0.5, 0.6) is 0 Å². The lowest BCUT2D eigenvalue weighted by Crippen LogP contribution is -2.54. The quantitative estimate of drug-likeness (QED) is 0.883. The summed E-state index contributed by atoms with van der Waals surface area (Å²) in [4.78, 5) is 2.55. The summed E-state index contributed by atoms with van der Waals surface area (Å²) >= 11 is 0. The van der Waals surface area contributed by atoms with E-state index >= 15 is 0 Å². The number of likely N-dealkylation sites (N-methyl/N-ethyl adjacent to an activating group) is 1. The molecule has 118 valence electrons. The van der Waals surface area contributed by atoms with Crippen LogP contribution in [0.1, 0.15) is 64.0 Å². The van der Waals surface area contributed by atoms with E-state index in [1.165, 1.54) is 30.4 Å². The molecule has 0 radical (unpaired) electrons. The van der Waals surface area contributed by atoms with Gasteiger partial charge in [-0.2, -0.15) is 0 Å². The lowest BCUT2D eigenvalue weighted by Gasteiger charge is -2.49. The molecule has 1 aliphatic rings. The van der Waals surface area contributed by atoms with Gasteiger partial charge in [0, 0.05) is 12.6 Å². The molecule has 21 heavy (non-hydrogen) atoms. The van der Waals surface area contributed by atoms with E-state index in [1.807, 2.05) is 0 Å². The summed E-state index contributed by atoms with van der Waals surface area (Å²) in [7, 11) is 2.27. The number of fused-ring (bicyclic) bond motifs is 1. The first-order chi connectivity index (χ1) is 9.92. The molecule has 2 heteroatoms. The SMILES string of the molecule is CC(C)CC(C)N(C)C1(CN)CCC(C)c2ccccc21. The molecule has 3 atom stereocenters. The van der Waals surface area contributed by atoms with E-state index in [9.17, 15) is 0 Å². The van der Waals surface area contributed by atoms with E-state index in [0.717, 1.165) is 5.92 Å². The van der Waals surface area contributed by atoms with Crippen LogP contribution in [-0.2, 0) is 5.54 Å². The summed E-state index contributed by atoms with van der Waals surface area (Å²) in [6, 6.07) is 9.48. The average molecular weight is 288 g/mol. The van der Waals surface area contributed by atoms with Crippen LogP contribution in [0.25, 0.3) is 0 Å². The number of rotatable bonds is 5. The van der Waals surface area contributed by atoms with Crippen LogP contribution in [0.4, 0.5) is 0 Å². The van der Waals surface area contributed by atoms with Gasteiger partial charge in [-0.3, -0.25) is 4.90 Å². The molecule has 2 rings (SSSR count). The Morgan fingerprint density at radius 2 is 1.95 bits per heavy atom. The van der Waals surface area contributed by atoms with E-state index in [4.69, 9.17) is 5.73 Å². The second-order valence-corrected chi connectivity index (χ2v) is 7.35. The van der Waals surface area contributed by atoms with E-state index in [0.29, 0.717) is 18.5 Å². The van der Waals surface area contributed by atoms with Crippen molar-refractivity contribution in [3.63, 3.8) is 0 Å². The molecular weight excluding hydrogens is 256 g/mol. The first-order valence-corrected chi connectivity index (χ1v) is 8.44. The van der Waals surface area contributed by atoms with Crippen LogP contribution in [0.15, 0.2) is 24.3 Å². The van der Waals surface area contributed by atoms with E-state index in [1.54, 1.807) is 0 Å². The summed E-state index contributed by atoms with van der Waals surface area (Å²) in [6.07, 6.45) is 3.61. The third-order valence-electron chi connectivity index (χ3n) is 5.47. The van der Waals surface area contributed by atoms with Gasteiger partial charge in [-0.05, 0) is 56.2 Å². The van der Waals surface area contributed by atoms with Crippen LogP contribution in [-0.4, -0.2) is 24.5 Å². The molecule has 0 spiro atoms. The number of hydrogen-bond acceptors (Lipinski definition) is 2. The number of benzene rings is 1. The topological polar surface area (TPSA) is 29.3 Å². The molecule has 1 aromatic carbocycles. The fraction of sp³-hybridized carbons (Fsp3) is 0.684. The van der Waals surface area contributed by atoms with Gasteiger partial charge in [0.25, 0.3) is 0 Å². The summed E-state index contributed by atoms with van der Waals surface area (Å²) in [5, 5.41) is 0. The van der Waals surface area contributed by atoms with Gasteiger partial charge >= 0.3 is 0 Å². The van der Waals surface area contributed by atoms with E-state index < -0.39 is 0 Å². The molecule has 0 saturated heterocycles. The third-order valence-corrected chi connectivity index (χ3v) is 5.47. The van der Waals surface area contributed by atoms with Crippen LogP contribution in [0, 0.1) is 5.92 Å². The van der Waals surface area contributed by atoms with Crippen LogP contribution < -0.4 is 5.73 Å². The fourth-order valence-electron chi connectivity index (χ4n) is 4.08. The molecule has 0 bridgehead atoms. The first-order valence-electron chi connectivity index (χ1n) is 8.44. The van der Waals surface area contributed by atoms with Crippen molar-refractivity contribution in [3.05, 3.63) is 35.4 Å². The highest BCUT2D eigenvalue weighted by atomic mass is 15.2. The van der Waals surface area contributed by atoms with Gasteiger partial charge in [0.2, 0.25) is 0 Å². The van der Waals surface area contributed by atoms with Crippen LogP contribution in [0.2, 0.25) is 0 Å². The summed E-state index contributed by atoms with van der Waals surface area (Å²) < 4.78 is 0. The van der Waals surface area contributed by atoms with Crippen LogP contribution in [0.3, 0.4) is 0 Å². The van der Waals surface area contributed by atoms with Crippen LogP contribution >= 0.6 is 0 Å². The predicted molar refractivity (Wildman–Crippen MR) is 91.5 cm³/mol. The van der Waals surface area contributed by atoms with Crippen molar-refractivity contribution in [3.8, 4) is 0 Å². The largest absolute Gasteiger partial charge is 0.328 e. The molecule has 1 aliphatic carbocycles. The van der Waals surface area contributed by atoms with Crippen molar-refractivity contribution in [2.75, 3.05) is 13.6 Å². The number of nitrogens with zero attached hydrogens (tertiary/aromatic N) is 1. The standard InChI is InChI=1S/C19H32N2/c1-14(2)12-16(4)21(5)19(13-20)11-10-15(3)17-8-6-7-9-18(17)19/h6-9,14-16H,10-13,20H2,1-5H3.